The maximum Gasteiger partial charge on any atom is 0.270 e. The Morgan fingerprint density at radius 1 is 1.12 bits per heavy atom. The number of benzene rings is 2. The summed E-state index contributed by atoms with van der Waals surface area (Å²) in [6, 6.07) is 15.5. The van der Waals surface area contributed by atoms with Gasteiger partial charge in [-0.3, -0.25) is 19.7 Å². The lowest BCUT2D eigenvalue weighted by Gasteiger charge is -2.12. The van der Waals surface area contributed by atoms with Gasteiger partial charge in [-0.05, 0) is 30.0 Å². The Hall–Kier alpha value is -3.28. The first-order valence-corrected chi connectivity index (χ1v) is 8.30. The summed E-state index contributed by atoms with van der Waals surface area (Å²) in [5.41, 5.74) is 0.483. The Balaban J connectivity index is 1.64. The molecule has 0 heterocycles. The Labute approximate surface area is 150 Å². The van der Waals surface area contributed by atoms with E-state index >= 15 is 0 Å². The van der Waals surface area contributed by atoms with E-state index in [9.17, 15) is 19.7 Å². The maximum absolute atomic E-state index is 12.5. The number of nitrogens with zero attached hydrogens (tertiary/aromatic N) is 1. The second-order valence-corrected chi connectivity index (χ2v) is 6.30. The number of nitro benzene ring substituents is 1. The summed E-state index contributed by atoms with van der Waals surface area (Å²) in [4.78, 5) is 35.2. The molecule has 1 aliphatic rings. The van der Waals surface area contributed by atoms with Crippen molar-refractivity contribution in [2.45, 2.75) is 19.4 Å². The summed E-state index contributed by atoms with van der Waals surface area (Å²) < 4.78 is 0. The first-order chi connectivity index (χ1) is 12.5. The highest BCUT2D eigenvalue weighted by atomic mass is 16.6. The smallest absolute Gasteiger partial charge is 0.270 e. The van der Waals surface area contributed by atoms with Crippen molar-refractivity contribution in [2.24, 2.45) is 5.41 Å². The molecule has 0 atom stereocenters. The molecule has 1 amide bonds. The lowest BCUT2D eigenvalue weighted by Crippen LogP contribution is -2.36. The molecular formula is C20H18N2O4. The van der Waals surface area contributed by atoms with Crippen LogP contribution in [0, 0.1) is 15.5 Å². The van der Waals surface area contributed by atoms with Crippen LogP contribution in [-0.2, 0) is 16.1 Å². The fourth-order valence-corrected chi connectivity index (χ4v) is 2.73. The number of hydrogen-bond acceptors (Lipinski definition) is 4. The average Bonchev–Trinajstić information content (AvgIpc) is 3.47. The molecule has 26 heavy (non-hydrogen) atoms. The van der Waals surface area contributed by atoms with Crippen LogP contribution in [0.25, 0.3) is 6.08 Å². The molecule has 0 unspecified atom stereocenters. The molecule has 1 fully saturated rings. The maximum atomic E-state index is 12.5. The van der Waals surface area contributed by atoms with Gasteiger partial charge in [0.1, 0.15) is 5.41 Å². The van der Waals surface area contributed by atoms with Gasteiger partial charge in [0.05, 0.1) is 4.92 Å². The van der Waals surface area contributed by atoms with Crippen LogP contribution in [0.4, 0.5) is 5.69 Å². The van der Waals surface area contributed by atoms with Crippen LogP contribution in [0.15, 0.2) is 60.7 Å². The van der Waals surface area contributed by atoms with E-state index in [2.05, 4.69) is 5.32 Å². The van der Waals surface area contributed by atoms with Gasteiger partial charge in [-0.25, -0.2) is 0 Å². The van der Waals surface area contributed by atoms with Crippen molar-refractivity contribution in [3.05, 3.63) is 81.9 Å². The minimum atomic E-state index is -0.994. The minimum absolute atomic E-state index is 0.0404. The number of hydrogen-bond donors (Lipinski definition) is 1. The van der Waals surface area contributed by atoms with Crippen LogP contribution >= 0.6 is 0 Å². The number of ketones is 1. The van der Waals surface area contributed by atoms with Gasteiger partial charge in [0.15, 0.2) is 5.78 Å². The highest BCUT2D eigenvalue weighted by molar-refractivity contribution is 6.14. The molecule has 0 aliphatic heterocycles. The van der Waals surface area contributed by atoms with Crippen molar-refractivity contribution in [2.75, 3.05) is 0 Å². The molecule has 3 rings (SSSR count). The average molecular weight is 350 g/mol. The predicted octanol–water partition coefficient (Wildman–Crippen LogP) is 3.27. The van der Waals surface area contributed by atoms with Crippen molar-refractivity contribution in [1.82, 2.24) is 5.32 Å². The second-order valence-electron chi connectivity index (χ2n) is 6.30. The summed E-state index contributed by atoms with van der Waals surface area (Å²) >= 11 is 0. The van der Waals surface area contributed by atoms with Crippen molar-refractivity contribution in [1.29, 1.82) is 0 Å². The Morgan fingerprint density at radius 2 is 1.85 bits per heavy atom. The third-order valence-electron chi connectivity index (χ3n) is 4.46. The third-order valence-corrected chi connectivity index (χ3v) is 4.46. The predicted molar refractivity (Wildman–Crippen MR) is 97.1 cm³/mol. The summed E-state index contributed by atoms with van der Waals surface area (Å²) in [6.45, 7) is 0.378. The van der Waals surface area contributed by atoms with Gasteiger partial charge in [0, 0.05) is 18.7 Å². The van der Waals surface area contributed by atoms with E-state index in [0.29, 0.717) is 24.9 Å². The van der Waals surface area contributed by atoms with E-state index in [1.165, 1.54) is 24.3 Å². The summed E-state index contributed by atoms with van der Waals surface area (Å²) in [6.07, 6.45) is 3.89. The number of rotatable bonds is 7. The lowest BCUT2D eigenvalue weighted by atomic mass is 9.98. The SMILES string of the molecule is O=C(/C=C/c1cccc([N+](=O)[O-])c1)C1(C(=O)NCc2ccccc2)CC1. The quantitative estimate of drug-likeness (QED) is 0.359. The molecular weight excluding hydrogens is 332 g/mol. The van der Waals surface area contributed by atoms with Gasteiger partial charge in [-0.1, -0.05) is 48.5 Å². The number of amides is 1. The van der Waals surface area contributed by atoms with Gasteiger partial charge >= 0.3 is 0 Å². The Bertz CT molecular complexity index is 870. The number of carbonyl (C=O) groups is 2. The molecule has 2 aromatic rings. The first-order valence-electron chi connectivity index (χ1n) is 8.30. The highest BCUT2D eigenvalue weighted by Crippen LogP contribution is 2.47. The van der Waals surface area contributed by atoms with Crippen LogP contribution in [-0.4, -0.2) is 16.6 Å². The Morgan fingerprint density at radius 3 is 2.50 bits per heavy atom. The van der Waals surface area contributed by atoms with Crippen LogP contribution in [0.5, 0.6) is 0 Å². The number of nitro groups is 1. The van der Waals surface area contributed by atoms with Crippen molar-refractivity contribution >= 4 is 23.5 Å². The lowest BCUT2D eigenvalue weighted by molar-refractivity contribution is -0.384. The molecule has 0 radical (unpaired) electrons. The van der Waals surface area contributed by atoms with Crippen LogP contribution in [0.3, 0.4) is 0 Å². The molecule has 132 valence electrons. The van der Waals surface area contributed by atoms with Crippen LogP contribution in [0.2, 0.25) is 0 Å². The van der Waals surface area contributed by atoms with E-state index in [1.807, 2.05) is 30.3 Å². The zero-order valence-electron chi connectivity index (χ0n) is 14.1. The molecule has 0 saturated heterocycles. The number of non-ortho nitro benzene ring substituents is 1. The second kappa shape index (κ2) is 7.31. The van der Waals surface area contributed by atoms with Crippen LogP contribution < -0.4 is 5.32 Å². The summed E-state index contributed by atoms with van der Waals surface area (Å²) in [5, 5.41) is 13.6. The first kappa shape index (κ1) is 17.5. The van der Waals surface area contributed by atoms with Gasteiger partial charge in [-0.15, -0.1) is 0 Å². The largest absolute Gasteiger partial charge is 0.351 e. The fourth-order valence-electron chi connectivity index (χ4n) is 2.73. The molecule has 6 nitrogen and oxygen atoms in total. The standard InChI is InChI=1S/C20H18N2O4/c23-18(10-9-15-7-4-8-17(13-15)22(25)26)20(11-12-20)19(24)21-14-16-5-2-1-3-6-16/h1-10,13H,11-12,14H2,(H,21,24)/b10-9+. The zero-order valence-corrected chi connectivity index (χ0v) is 14.1. The molecule has 1 saturated carbocycles. The molecule has 0 spiro atoms. The molecule has 1 N–H and O–H groups in total. The molecule has 0 bridgehead atoms. The van der Waals surface area contributed by atoms with E-state index in [4.69, 9.17) is 0 Å². The normalized spacial score (nSPS) is 14.8. The highest BCUT2D eigenvalue weighted by Gasteiger charge is 2.54. The van der Waals surface area contributed by atoms with E-state index in [1.54, 1.807) is 12.1 Å². The topological polar surface area (TPSA) is 89.3 Å². The Kier molecular flexibility index (Phi) is 4.93. The van der Waals surface area contributed by atoms with Crippen molar-refractivity contribution < 1.29 is 14.5 Å². The summed E-state index contributed by atoms with van der Waals surface area (Å²) in [7, 11) is 0. The minimum Gasteiger partial charge on any atom is -0.351 e. The number of allylic oxidation sites excluding steroid dienone is 1. The fraction of sp³-hybridized carbons (Fsp3) is 0.200. The third kappa shape index (κ3) is 3.85. The molecule has 2 aromatic carbocycles. The van der Waals surface area contributed by atoms with Gasteiger partial charge in [0.2, 0.25) is 5.91 Å². The number of carbonyl (C=O) groups excluding carboxylic acids is 2. The van der Waals surface area contributed by atoms with Gasteiger partial charge < -0.3 is 5.32 Å². The monoisotopic (exact) mass is 350 g/mol. The van der Waals surface area contributed by atoms with Crippen molar-refractivity contribution in [3.63, 3.8) is 0 Å². The van der Waals surface area contributed by atoms with E-state index in [-0.39, 0.29) is 17.4 Å². The number of nitrogens with one attached hydrogen (secondary N) is 1. The zero-order chi connectivity index (χ0) is 18.6. The molecule has 6 heteroatoms. The summed E-state index contributed by atoms with van der Waals surface area (Å²) in [5.74, 6) is -0.537. The van der Waals surface area contributed by atoms with Crippen LogP contribution in [0.1, 0.15) is 24.0 Å². The van der Waals surface area contributed by atoms with E-state index < -0.39 is 10.3 Å². The molecule has 1 aliphatic carbocycles. The van der Waals surface area contributed by atoms with Gasteiger partial charge in [-0.2, -0.15) is 0 Å². The van der Waals surface area contributed by atoms with Gasteiger partial charge in [0.25, 0.3) is 5.69 Å². The molecule has 0 aromatic heterocycles. The van der Waals surface area contributed by atoms with E-state index in [0.717, 1.165) is 5.56 Å². The van der Waals surface area contributed by atoms with Crippen molar-refractivity contribution in [3.8, 4) is 0 Å².